The van der Waals surface area contributed by atoms with Gasteiger partial charge in [-0.15, -0.1) is 0 Å². The van der Waals surface area contributed by atoms with Crippen LogP contribution in [0.1, 0.15) is 40.5 Å². The summed E-state index contributed by atoms with van der Waals surface area (Å²) in [6, 6.07) is 44.5. The van der Waals surface area contributed by atoms with Gasteiger partial charge < -0.3 is 4.12 Å². The van der Waals surface area contributed by atoms with Gasteiger partial charge in [-0.3, -0.25) is 0 Å². The van der Waals surface area contributed by atoms with Gasteiger partial charge in [0.15, 0.2) is 0 Å². The van der Waals surface area contributed by atoms with Gasteiger partial charge >= 0.3 is 0 Å². The number of rotatable bonds is 10. The lowest BCUT2D eigenvalue weighted by molar-refractivity contribution is 0.523. The normalized spacial score (nSPS) is 13.8. The summed E-state index contributed by atoms with van der Waals surface area (Å²) in [6.07, 6.45) is 2.15. The Balaban J connectivity index is 2.09. The van der Waals surface area contributed by atoms with E-state index in [9.17, 15) is 0 Å². The van der Waals surface area contributed by atoms with E-state index in [1.165, 1.54) is 20.7 Å². The first kappa shape index (κ1) is 25.4. The fraction of sp³-hybridized carbons (Fsp3) is 0.250. The summed E-state index contributed by atoms with van der Waals surface area (Å²) < 4.78 is 8.15. The summed E-state index contributed by atoms with van der Waals surface area (Å²) in [5.74, 6) is 0. The van der Waals surface area contributed by atoms with Crippen molar-refractivity contribution in [3.05, 3.63) is 121 Å². The highest BCUT2D eigenvalue weighted by Gasteiger charge is 2.54. The number of benzene rings is 4. The fourth-order valence-corrected chi connectivity index (χ4v) is 17.8. The molecule has 0 aromatic heterocycles. The summed E-state index contributed by atoms with van der Waals surface area (Å²) in [6.45, 7) is 9.47. The molecule has 0 aliphatic carbocycles. The van der Waals surface area contributed by atoms with Crippen LogP contribution in [0.3, 0.4) is 0 Å². The van der Waals surface area contributed by atoms with Crippen LogP contribution < -0.4 is 20.7 Å². The predicted octanol–water partition coefficient (Wildman–Crippen LogP) is 6.12. The van der Waals surface area contributed by atoms with Gasteiger partial charge in [-0.1, -0.05) is 162 Å². The average molecular weight is 495 g/mol. The van der Waals surface area contributed by atoms with Crippen molar-refractivity contribution in [1.82, 2.24) is 0 Å². The number of hydrogen-bond acceptors (Lipinski definition) is 1. The minimum absolute atomic E-state index is 0.413. The van der Waals surface area contributed by atoms with Gasteiger partial charge in [0, 0.05) is 0 Å². The van der Waals surface area contributed by atoms with Crippen molar-refractivity contribution in [3.8, 4) is 0 Å². The third kappa shape index (κ3) is 4.73. The standard InChI is InChI=1S/C32H38OSi2/c1-5-27(3)34(29-19-11-7-12-20-29,30-21-13-8-14-22-30)33-35(28(4)6-2,31-23-15-9-16-24-31)32-25-17-10-18-26-32/h7-28H,5-6H2,1-4H3. The third-order valence-corrected chi connectivity index (χ3v) is 18.7. The molecule has 4 aromatic rings. The lowest BCUT2D eigenvalue weighted by atomic mass is 10.3. The zero-order chi connectivity index (χ0) is 24.7. The van der Waals surface area contributed by atoms with E-state index in [1.807, 2.05) is 0 Å². The maximum absolute atomic E-state index is 8.15. The summed E-state index contributed by atoms with van der Waals surface area (Å²) in [5.41, 5.74) is 0.825. The van der Waals surface area contributed by atoms with E-state index in [2.05, 4.69) is 149 Å². The monoisotopic (exact) mass is 494 g/mol. The van der Waals surface area contributed by atoms with Gasteiger partial charge in [-0.25, -0.2) is 0 Å². The largest absolute Gasteiger partial charge is 0.441 e. The van der Waals surface area contributed by atoms with Crippen molar-refractivity contribution < 1.29 is 4.12 Å². The highest BCUT2D eigenvalue weighted by Crippen LogP contribution is 2.35. The SMILES string of the molecule is CCC(C)[Si](O[Si](c1ccccc1)(c1ccccc1)C(C)CC)(c1ccccc1)c1ccccc1. The first-order chi connectivity index (χ1) is 17.1. The van der Waals surface area contributed by atoms with Crippen molar-refractivity contribution in [2.24, 2.45) is 0 Å². The smallest absolute Gasteiger partial charge is 0.248 e. The molecule has 0 N–H and O–H groups in total. The first-order valence-electron chi connectivity index (χ1n) is 13.0. The van der Waals surface area contributed by atoms with Crippen molar-refractivity contribution in [2.75, 3.05) is 0 Å². The van der Waals surface area contributed by atoms with Gasteiger partial charge in [0.05, 0.1) is 0 Å². The minimum Gasteiger partial charge on any atom is -0.441 e. The third-order valence-electron chi connectivity index (χ3n) is 7.75. The maximum Gasteiger partial charge on any atom is 0.248 e. The van der Waals surface area contributed by atoms with Crippen LogP contribution in [0.15, 0.2) is 121 Å². The van der Waals surface area contributed by atoms with Crippen LogP contribution in [0, 0.1) is 0 Å². The molecule has 3 heteroatoms. The summed E-state index contributed by atoms with van der Waals surface area (Å²) in [5, 5.41) is 5.47. The van der Waals surface area contributed by atoms with Crippen molar-refractivity contribution in [3.63, 3.8) is 0 Å². The number of hydrogen-bond donors (Lipinski definition) is 0. The molecule has 1 nitrogen and oxygen atoms in total. The van der Waals surface area contributed by atoms with E-state index in [0.717, 1.165) is 12.8 Å². The Bertz CT molecular complexity index is 989. The molecule has 0 bridgehead atoms. The molecular weight excluding hydrogens is 457 g/mol. The molecule has 0 saturated heterocycles. The Kier molecular flexibility index (Phi) is 8.22. The van der Waals surface area contributed by atoms with E-state index >= 15 is 0 Å². The summed E-state index contributed by atoms with van der Waals surface area (Å²) in [7, 11) is -5.34. The molecular formula is C32H38OSi2. The van der Waals surface area contributed by atoms with E-state index in [4.69, 9.17) is 4.12 Å². The van der Waals surface area contributed by atoms with E-state index in [0.29, 0.717) is 11.1 Å². The molecule has 2 atom stereocenters. The van der Waals surface area contributed by atoms with Crippen molar-refractivity contribution in [2.45, 2.75) is 51.6 Å². The molecule has 0 spiro atoms. The Labute approximate surface area is 214 Å². The molecule has 2 unspecified atom stereocenters. The van der Waals surface area contributed by atoms with Crippen molar-refractivity contribution >= 4 is 37.4 Å². The van der Waals surface area contributed by atoms with Crippen LogP contribution >= 0.6 is 0 Å². The zero-order valence-electron chi connectivity index (χ0n) is 21.5. The van der Waals surface area contributed by atoms with Crippen LogP contribution in [-0.4, -0.2) is 16.6 Å². The highest BCUT2D eigenvalue weighted by molar-refractivity contribution is 7.10. The highest BCUT2D eigenvalue weighted by atomic mass is 28.4. The van der Waals surface area contributed by atoms with Crippen LogP contribution in [0.2, 0.25) is 11.1 Å². The molecule has 0 amide bonds. The van der Waals surface area contributed by atoms with Gasteiger partial charge in [0.25, 0.3) is 0 Å². The van der Waals surface area contributed by atoms with Crippen LogP contribution in [0.25, 0.3) is 0 Å². The Hall–Kier alpha value is -2.73. The van der Waals surface area contributed by atoms with Crippen LogP contribution in [-0.2, 0) is 4.12 Å². The molecule has 35 heavy (non-hydrogen) atoms. The molecule has 0 fully saturated rings. The fourth-order valence-electron chi connectivity index (χ4n) is 5.48. The molecule has 4 rings (SSSR count). The maximum atomic E-state index is 8.15. The lowest BCUT2D eigenvalue weighted by Gasteiger charge is -2.48. The predicted molar refractivity (Wildman–Crippen MR) is 156 cm³/mol. The average Bonchev–Trinajstić information content (AvgIpc) is 2.95. The quantitative estimate of drug-likeness (QED) is 0.241. The van der Waals surface area contributed by atoms with E-state index < -0.39 is 16.6 Å². The minimum atomic E-state index is -2.67. The molecule has 0 radical (unpaired) electrons. The summed E-state index contributed by atoms with van der Waals surface area (Å²) >= 11 is 0. The van der Waals surface area contributed by atoms with E-state index in [1.54, 1.807) is 0 Å². The molecule has 4 aromatic carbocycles. The van der Waals surface area contributed by atoms with Crippen LogP contribution in [0.5, 0.6) is 0 Å². The van der Waals surface area contributed by atoms with Gasteiger partial charge in [-0.05, 0) is 31.8 Å². The zero-order valence-corrected chi connectivity index (χ0v) is 23.5. The first-order valence-corrected chi connectivity index (χ1v) is 17.0. The van der Waals surface area contributed by atoms with Gasteiger partial charge in [0.2, 0.25) is 16.6 Å². The van der Waals surface area contributed by atoms with E-state index in [-0.39, 0.29) is 0 Å². The molecule has 0 aliphatic heterocycles. The second-order valence-electron chi connectivity index (χ2n) is 9.66. The summed E-state index contributed by atoms with van der Waals surface area (Å²) in [4.78, 5) is 0. The second-order valence-corrected chi connectivity index (χ2v) is 17.7. The van der Waals surface area contributed by atoms with Crippen molar-refractivity contribution in [1.29, 1.82) is 0 Å². The molecule has 0 aliphatic rings. The topological polar surface area (TPSA) is 9.23 Å². The van der Waals surface area contributed by atoms with Gasteiger partial charge in [-0.2, -0.15) is 0 Å². The van der Waals surface area contributed by atoms with Gasteiger partial charge in [0.1, 0.15) is 0 Å². The molecule has 180 valence electrons. The second kappa shape index (κ2) is 11.3. The molecule has 0 heterocycles. The Morgan fingerprint density at radius 1 is 0.457 bits per heavy atom. The Morgan fingerprint density at radius 3 is 0.886 bits per heavy atom. The Morgan fingerprint density at radius 2 is 0.686 bits per heavy atom. The van der Waals surface area contributed by atoms with Crippen LogP contribution in [0.4, 0.5) is 0 Å². The molecule has 0 saturated carbocycles. The lowest BCUT2D eigenvalue weighted by Crippen LogP contribution is -2.75.